The zero-order valence-electron chi connectivity index (χ0n) is 22.6. The third-order valence-corrected chi connectivity index (χ3v) is 8.25. The molecule has 2 aliphatic heterocycles. The van der Waals surface area contributed by atoms with E-state index in [1.807, 2.05) is 24.3 Å². The van der Waals surface area contributed by atoms with Gasteiger partial charge in [-0.15, -0.1) is 0 Å². The van der Waals surface area contributed by atoms with E-state index in [9.17, 15) is 19.2 Å². The smallest absolute Gasteiger partial charge is 0.229 e. The van der Waals surface area contributed by atoms with Crippen molar-refractivity contribution >= 4 is 23.5 Å². The number of fused-ring (bicyclic) bond motifs is 1. The molecule has 2 saturated heterocycles. The summed E-state index contributed by atoms with van der Waals surface area (Å²) in [5.74, 6) is -0.673. The summed E-state index contributed by atoms with van der Waals surface area (Å²) in [5.41, 5.74) is 6.19. The van der Waals surface area contributed by atoms with Crippen LogP contribution >= 0.6 is 0 Å². The number of nitrogens with zero attached hydrogens (tertiary/aromatic N) is 1. The molecule has 5 rings (SSSR count). The maximum Gasteiger partial charge on any atom is 0.229 e. The molecule has 0 saturated carbocycles. The predicted molar refractivity (Wildman–Crippen MR) is 146 cm³/mol. The summed E-state index contributed by atoms with van der Waals surface area (Å²) in [4.78, 5) is 51.4. The van der Waals surface area contributed by atoms with E-state index in [1.54, 1.807) is 0 Å². The second-order valence-electron chi connectivity index (χ2n) is 11.1. The molecule has 2 aromatic carbocycles. The molecule has 1 aliphatic carbocycles. The van der Waals surface area contributed by atoms with Crippen LogP contribution in [0.4, 0.5) is 0 Å². The van der Waals surface area contributed by atoms with E-state index in [1.165, 1.54) is 11.1 Å². The lowest BCUT2D eigenvalue weighted by molar-refractivity contribution is -0.136. The molecular weight excluding hydrogens is 494 g/mol. The number of piperidine rings is 1. The number of carbonyl (C=O) groups excluding carboxylic acids is 4. The van der Waals surface area contributed by atoms with Gasteiger partial charge in [0.15, 0.2) is 5.78 Å². The Hall–Kier alpha value is -3.36. The van der Waals surface area contributed by atoms with Crippen molar-refractivity contribution in [3.8, 4) is 0 Å². The average molecular weight is 532 g/mol. The standard InChI is InChI=1S/C31H37N3O5/c1-20-14-21(2-4-25(20)19-34-10-12-39-13-11-34)16-29(36)32-18-22-3-8-27-26(15-22)17-24(30(27)37)6-5-23-7-9-28(35)33-31(23)38/h2-4,8,14-15,23-24H,5-7,9-13,16-19H2,1H3,(H,32,36)(H,33,35,38). The fraction of sp³-hybridized carbons (Fsp3) is 0.484. The third-order valence-electron chi connectivity index (χ3n) is 8.25. The Bertz CT molecular complexity index is 1270. The number of hydrogen-bond acceptors (Lipinski definition) is 6. The number of nitrogens with one attached hydrogen (secondary N) is 2. The van der Waals surface area contributed by atoms with E-state index < -0.39 is 0 Å². The zero-order valence-corrected chi connectivity index (χ0v) is 22.6. The highest BCUT2D eigenvalue weighted by Gasteiger charge is 2.33. The molecule has 0 bridgehead atoms. The number of ether oxygens (including phenoxy) is 1. The van der Waals surface area contributed by atoms with Crippen molar-refractivity contribution in [3.05, 3.63) is 69.8 Å². The summed E-state index contributed by atoms with van der Waals surface area (Å²) in [6, 6.07) is 12.1. The highest BCUT2D eigenvalue weighted by Crippen LogP contribution is 2.32. The summed E-state index contributed by atoms with van der Waals surface area (Å²) in [5, 5.41) is 5.42. The first-order valence-electron chi connectivity index (χ1n) is 14.0. The quantitative estimate of drug-likeness (QED) is 0.482. The van der Waals surface area contributed by atoms with Gasteiger partial charge in [0.2, 0.25) is 17.7 Å². The molecule has 2 atom stereocenters. The first kappa shape index (κ1) is 27.2. The number of imide groups is 1. The molecule has 0 spiro atoms. The van der Waals surface area contributed by atoms with Crippen molar-refractivity contribution in [2.45, 2.75) is 58.5 Å². The van der Waals surface area contributed by atoms with Crippen LogP contribution in [0.1, 0.15) is 63.9 Å². The van der Waals surface area contributed by atoms with E-state index in [0.717, 1.165) is 55.1 Å². The van der Waals surface area contributed by atoms with Gasteiger partial charge in [-0.3, -0.25) is 29.4 Å². The Labute approximate surface area is 229 Å². The normalized spacial score (nSPS) is 21.5. The molecule has 2 heterocycles. The van der Waals surface area contributed by atoms with Gasteiger partial charge in [0.05, 0.1) is 19.6 Å². The zero-order chi connectivity index (χ0) is 27.4. The Morgan fingerprint density at radius 1 is 1.03 bits per heavy atom. The van der Waals surface area contributed by atoms with E-state index in [-0.39, 0.29) is 35.3 Å². The van der Waals surface area contributed by atoms with Gasteiger partial charge in [-0.1, -0.05) is 36.4 Å². The van der Waals surface area contributed by atoms with Crippen LogP contribution < -0.4 is 10.6 Å². The Morgan fingerprint density at radius 2 is 1.79 bits per heavy atom. The molecule has 8 heteroatoms. The van der Waals surface area contributed by atoms with Crippen LogP contribution in [0.25, 0.3) is 0 Å². The van der Waals surface area contributed by atoms with Crippen molar-refractivity contribution in [1.82, 2.24) is 15.5 Å². The van der Waals surface area contributed by atoms with Crippen LogP contribution in [-0.2, 0) is 45.1 Å². The van der Waals surface area contributed by atoms with Crippen LogP contribution in [0.15, 0.2) is 36.4 Å². The molecule has 0 aromatic heterocycles. The first-order chi connectivity index (χ1) is 18.9. The highest BCUT2D eigenvalue weighted by molar-refractivity contribution is 6.02. The lowest BCUT2D eigenvalue weighted by Gasteiger charge is -2.27. The summed E-state index contributed by atoms with van der Waals surface area (Å²) >= 11 is 0. The molecule has 2 fully saturated rings. The Kier molecular flexibility index (Phi) is 8.53. The fourth-order valence-corrected chi connectivity index (χ4v) is 5.89. The molecule has 2 unspecified atom stereocenters. The second kappa shape index (κ2) is 12.2. The summed E-state index contributed by atoms with van der Waals surface area (Å²) in [6.07, 6.45) is 3.14. The molecule has 8 nitrogen and oxygen atoms in total. The minimum atomic E-state index is -0.216. The van der Waals surface area contributed by atoms with Gasteiger partial charge in [0, 0.05) is 50.0 Å². The average Bonchev–Trinajstić information content (AvgIpc) is 3.23. The SMILES string of the molecule is Cc1cc(CC(=O)NCc2ccc3c(c2)CC(CCC2CCC(=O)NC2=O)C3=O)ccc1CN1CCOCC1. The van der Waals surface area contributed by atoms with E-state index >= 15 is 0 Å². The van der Waals surface area contributed by atoms with Gasteiger partial charge in [0.25, 0.3) is 0 Å². The fourth-order valence-electron chi connectivity index (χ4n) is 5.89. The summed E-state index contributed by atoms with van der Waals surface area (Å²) in [6.45, 7) is 6.87. The molecule has 2 aromatic rings. The number of aryl methyl sites for hydroxylation is 1. The second-order valence-corrected chi connectivity index (χ2v) is 11.1. The maximum absolute atomic E-state index is 12.9. The van der Waals surface area contributed by atoms with Gasteiger partial charge >= 0.3 is 0 Å². The van der Waals surface area contributed by atoms with Gasteiger partial charge < -0.3 is 10.1 Å². The number of hydrogen-bond donors (Lipinski definition) is 2. The van der Waals surface area contributed by atoms with Crippen molar-refractivity contribution in [3.63, 3.8) is 0 Å². The minimum absolute atomic E-state index is 0.0333. The lowest BCUT2D eigenvalue weighted by atomic mass is 9.88. The van der Waals surface area contributed by atoms with E-state index in [2.05, 4.69) is 34.6 Å². The number of rotatable bonds is 9. The van der Waals surface area contributed by atoms with Crippen molar-refractivity contribution in [1.29, 1.82) is 0 Å². The maximum atomic E-state index is 12.9. The molecule has 0 radical (unpaired) electrons. The molecule has 2 N–H and O–H groups in total. The van der Waals surface area contributed by atoms with E-state index in [4.69, 9.17) is 4.74 Å². The van der Waals surface area contributed by atoms with Crippen molar-refractivity contribution in [2.75, 3.05) is 26.3 Å². The number of carbonyl (C=O) groups is 4. The first-order valence-corrected chi connectivity index (χ1v) is 14.0. The summed E-state index contributed by atoms with van der Waals surface area (Å²) in [7, 11) is 0. The molecular formula is C31H37N3O5. The number of benzene rings is 2. The van der Waals surface area contributed by atoms with Gasteiger partial charge in [-0.2, -0.15) is 0 Å². The molecule has 39 heavy (non-hydrogen) atoms. The van der Waals surface area contributed by atoms with Crippen LogP contribution in [0.3, 0.4) is 0 Å². The topological polar surface area (TPSA) is 105 Å². The largest absolute Gasteiger partial charge is 0.379 e. The lowest BCUT2D eigenvalue weighted by Crippen LogP contribution is -2.40. The van der Waals surface area contributed by atoms with Gasteiger partial charge in [0.1, 0.15) is 0 Å². The van der Waals surface area contributed by atoms with Gasteiger partial charge in [-0.05, 0) is 60.4 Å². The van der Waals surface area contributed by atoms with Crippen molar-refractivity contribution < 1.29 is 23.9 Å². The molecule has 3 aliphatic rings. The molecule has 206 valence electrons. The van der Waals surface area contributed by atoms with Crippen LogP contribution in [0, 0.1) is 18.8 Å². The van der Waals surface area contributed by atoms with Gasteiger partial charge in [-0.25, -0.2) is 0 Å². The minimum Gasteiger partial charge on any atom is -0.379 e. The van der Waals surface area contributed by atoms with E-state index in [0.29, 0.717) is 45.1 Å². The predicted octanol–water partition coefficient (Wildman–Crippen LogP) is 2.87. The molecule has 3 amide bonds. The summed E-state index contributed by atoms with van der Waals surface area (Å²) < 4.78 is 5.43. The monoisotopic (exact) mass is 531 g/mol. The highest BCUT2D eigenvalue weighted by atomic mass is 16.5. The van der Waals surface area contributed by atoms with Crippen LogP contribution in [0.5, 0.6) is 0 Å². The van der Waals surface area contributed by atoms with Crippen molar-refractivity contribution in [2.24, 2.45) is 11.8 Å². The number of Topliss-reactive ketones (excluding diaryl/α,β-unsaturated/α-hetero) is 1. The number of morpholine rings is 1. The van der Waals surface area contributed by atoms with Crippen LogP contribution in [0.2, 0.25) is 0 Å². The number of amides is 3. The Morgan fingerprint density at radius 3 is 2.56 bits per heavy atom. The third kappa shape index (κ3) is 6.81. The number of ketones is 1. The van der Waals surface area contributed by atoms with Crippen LogP contribution in [-0.4, -0.2) is 54.7 Å². The Balaban J connectivity index is 1.10.